The molecule has 27 heavy (non-hydrogen) atoms. The van der Waals surface area contributed by atoms with Gasteiger partial charge in [0.15, 0.2) is 5.96 Å². The topological polar surface area (TPSA) is 57.5 Å². The molecule has 2 aromatic rings. The van der Waals surface area contributed by atoms with E-state index in [2.05, 4.69) is 69.1 Å². The van der Waals surface area contributed by atoms with Crippen LogP contribution in [-0.2, 0) is 13.5 Å². The fourth-order valence-corrected chi connectivity index (χ4v) is 2.91. The van der Waals surface area contributed by atoms with Crippen LogP contribution in [0.2, 0.25) is 0 Å². The summed E-state index contributed by atoms with van der Waals surface area (Å²) >= 11 is 0. The zero-order chi connectivity index (χ0) is 18.6. The minimum atomic E-state index is 0. The van der Waals surface area contributed by atoms with Gasteiger partial charge >= 0.3 is 0 Å². The molecule has 7 heteroatoms. The van der Waals surface area contributed by atoms with Gasteiger partial charge in [-0.2, -0.15) is 5.10 Å². The standard InChI is InChI=1S/C20H32N6.HI/c1-4-26(19-11-6-5-7-12-19)15-9-14-23-20(21-2)22-13-8-10-18-16-24-25(3)17-18;/h5-7,11-12,16-17H,4,8-10,13-15H2,1-3H3,(H2,21,22,23);1H. The molecule has 0 atom stereocenters. The molecule has 1 aromatic heterocycles. The average Bonchev–Trinajstić information content (AvgIpc) is 3.09. The Morgan fingerprint density at radius 3 is 2.44 bits per heavy atom. The van der Waals surface area contributed by atoms with Crippen LogP contribution in [0.25, 0.3) is 0 Å². The van der Waals surface area contributed by atoms with Crippen LogP contribution in [-0.4, -0.2) is 49.0 Å². The van der Waals surface area contributed by atoms with E-state index < -0.39 is 0 Å². The number of nitrogens with one attached hydrogen (secondary N) is 2. The first-order valence-electron chi connectivity index (χ1n) is 9.45. The van der Waals surface area contributed by atoms with E-state index in [0.29, 0.717) is 0 Å². The average molecular weight is 484 g/mol. The van der Waals surface area contributed by atoms with Crippen LogP contribution in [0.4, 0.5) is 5.69 Å². The number of rotatable bonds is 10. The molecule has 0 spiro atoms. The summed E-state index contributed by atoms with van der Waals surface area (Å²) in [6.45, 7) is 6.06. The highest BCUT2D eigenvalue weighted by Crippen LogP contribution is 2.12. The molecular formula is C20H33IN6. The Morgan fingerprint density at radius 2 is 1.85 bits per heavy atom. The number of aromatic nitrogens is 2. The van der Waals surface area contributed by atoms with Gasteiger partial charge in [-0.3, -0.25) is 9.67 Å². The van der Waals surface area contributed by atoms with Gasteiger partial charge in [0.2, 0.25) is 0 Å². The summed E-state index contributed by atoms with van der Waals surface area (Å²) in [7, 11) is 3.77. The van der Waals surface area contributed by atoms with Gasteiger partial charge in [0.1, 0.15) is 0 Å². The molecule has 1 heterocycles. The Morgan fingerprint density at radius 1 is 1.15 bits per heavy atom. The summed E-state index contributed by atoms with van der Waals surface area (Å²) in [5.74, 6) is 0.874. The van der Waals surface area contributed by atoms with E-state index in [4.69, 9.17) is 0 Å². The Hall–Kier alpha value is -1.77. The molecule has 0 saturated carbocycles. The van der Waals surface area contributed by atoms with Gasteiger partial charge in [0.25, 0.3) is 0 Å². The van der Waals surface area contributed by atoms with Crippen LogP contribution < -0.4 is 15.5 Å². The molecule has 0 aliphatic heterocycles. The number of hydrogen-bond acceptors (Lipinski definition) is 3. The van der Waals surface area contributed by atoms with Gasteiger partial charge in [-0.15, -0.1) is 24.0 Å². The highest BCUT2D eigenvalue weighted by molar-refractivity contribution is 14.0. The van der Waals surface area contributed by atoms with E-state index in [0.717, 1.165) is 51.4 Å². The molecule has 0 radical (unpaired) electrons. The van der Waals surface area contributed by atoms with E-state index in [9.17, 15) is 0 Å². The summed E-state index contributed by atoms with van der Waals surface area (Å²) < 4.78 is 1.85. The first-order chi connectivity index (χ1) is 12.7. The van der Waals surface area contributed by atoms with Crippen LogP contribution in [0, 0.1) is 0 Å². The van der Waals surface area contributed by atoms with Crippen LogP contribution in [0.3, 0.4) is 0 Å². The second kappa shape index (κ2) is 13.4. The van der Waals surface area contributed by atoms with Crippen molar-refractivity contribution in [2.45, 2.75) is 26.2 Å². The molecule has 0 fully saturated rings. The van der Waals surface area contributed by atoms with Crippen molar-refractivity contribution >= 4 is 35.6 Å². The Labute approximate surface area is 180 Å². The fraction of sp³-hybridized carbons (Fsp3) is 0.500. The molecule has 0 unspecified atom stereocenters. The summed E-state index contributed by atoms with van der Waals surface area (Å²) in [6, 6.07) is 10.6. The van der Waals surface area contributed by atoms with Gasteiger partial charge in [-0.05, 0) is 43.9 Å². The first kappa shape index (κ1) is 23.3. The number of guanidine groups is 1. The molecule has 0 saturated heterocycles. The van der Waals surface area contributed by atoms with Crippen molar-refractivity contribution in [3.05, 3.63) is 48.3 Å². The Kier molecular flexibility index (Phi) is 11.6. The third-order valence-corrected chi connectivity index (χ3v) is 4.32. The van der Waals surface area contributed by atoms with E-state index in [1.807, 2.05) is 25.0 Å². The molecule has 0 bridgehead atoms. The minimum absolute atomic E-state index is 0. The first-order valence-corrected chi connectivity index (χ1v) is 9.45. The maximum absolute atomic E-state index is 4.30. The maximum atomic E-state index is 4.30. The fourth-order valence-electron chi connectivity index (χ4n) is 2.91. The van der Waals surface area contributed by atoms with E-state index in [1.54, 1.807) is 0 Å². The van der Waals surface area contributed by atoms with Crippen molar-refractivity contribution in [1.29, 1.82) is 0 Å². The third-order valence-electron chi connectivity index (χ3n) is 4.32. The molecule has 2 N–H and O–H groups in total. The number of benzene rings is 1. The lowest BCUT2D eigenvalue weighted by Crippen LogP contribution is -2.39. The molecular weight excluding hydrogens is 451 g/mol. The molecule has 0 aliphatic carbocycles. The van der Waals surface area contributed by atoms with Crippen molar-refractivity contribution in [2.24, 2.45) is 12.0 Å². The maximum Gasteiger partial charge on any atom is 0.190 e. The lowest BCUT2D eigenvalue weighted by molar-refractivity contribution is 0.698. The van der Waals surface area contributed by atoms with Gasteiger partial charge in [-0.25, -0.2) is 0 Å². The molecule has 0 aliphatic rings. The zero-order valence-electron chi connectivity index (χ0n) is 16.7. The van der Waals surface area contributed by atoms with Crippen LogP contribution in [0.1, 0.15) is 25.3 Å². The number of hydrogen-bond donors (Lipinski definition) is 2. The Balaban J connectivity index is 0.00000364. The predicted octanol–water partition coefficient (Wildman–Crippen LogP) is 3.05. The summed E-state index contributed by atoms with van der Waals surface area (Å²) in [4.78, 5) is 6.69. The largest absolute Gasteiger partial charge is 0.372 e. The number of aliphatic imine (C=N–C) groups is 1. The normalized spacial score (nSPS) is 11.0. The highest BCUT2D eigenvalue weighted by Gasteiger charge is 2.03. The molecule has 6 nitrogen and oxygen atoms in total. The Bertz CT molecular complexity index is 656. The van der Waals surface area contributed by atoms with E-state index >= 15 is 0 Å². The van der Waals surface area contributed by atoms with Gasteiger partial charge in [0.05, 0.1) is 6.20 Å². The second-order valence-corrected chi connectivity index (χ2v) is 6.32. The zero-order valence-corrected chi connectivity index (χ0v) is 19.0. The van der Waals surface area contributed by atoms with E-state index in [-0.39, 0.29) is 24.0 Å². The number of halogens is 1. The number of anilines is 1. The van der Waals surface area contributed by atoms with Crippen molar-refractivity contribution in [3.8, 4) is 0 Å². The minimum Gasteiger partial charge on any atom is -0.372 e. The van der Waals surface area contributed by atoms with E-state index in [1.165, 1.54) is 11.3 Å². The van der Waals surface area contributed by atoms with Crippen molar-refractivity contribution in [2.75, 3.05) is 38.1 Å². The molecule has 0 amide bonds. The van der Waals surface area contributed by atoms with Crippen LogP contribution in [0.15, 0.2) is 47.7 Å². The van der Waals surface area contributed by atoms with Crippen molar-refractivity contribution < 1.29 is 0 Å². The quantitative estimate of drug-likeness (QED) is 0.236. The highest BCUT2D eigenvalue weighted by atomic mass is 127. The van der Waals surface area contributed by atoms with Crippen LogP contribution >= 0.6 is 24.0 Å². The SMILES string of the molecule is CCN(CCCNC(=NC)NCCCc1cnn(C)c1)c1ccccc1.I. The summed E-state index contributed by atoms with van der Waals surface area (Å²) in [5.41, 5.74) is 2.56. The van der Waals surface area contributed by atoms with Gasteiger partial charge in [-0.1, -0.05) is 18.2 Å². The molecule has 150 valence electrons. The number of aryl methyl sites for hydroxylation is 2. The smallest absolute Gasteiger partial charge is 0.190 e. The van der Waals surface area contributed by atoms with Gasteiger partial charge < -0.3 is 15.5 Å². The van der Waals surface area contributed by atoms with Crippen LogP contribution in [0.5, 0.6) is 0 Å². The molecule has 2 rings (SSSR count). The number of nitrogens with zero attached hydrogens (tertiary/aromatic N) is 4. The second-order valence-electron chi connectivity index (χ2n) is 6.32. The third kappa shape index (κ3) is 8.64. The van der Waals surface area contributed by atoms with Crippen molar-refractivity contribution in [1.82, 2.24) is 20.4 Å². The lowest BCUT2D eigenvalue weighted by atomic mass is 10.2. The van der Waals surface area contributed by atoms with Gasteiger partial charge in [0, 0.05) is 52.2 Å². The lowest BCUT2D eigenvalue weighted by Gasteiger charge is -2.23. The number of para-hydroxylation sites is 1. The molecule has 1 aromatic carbocycles. The summed E-state index contributed by atoms with van der Waals surface area (Å²) in [6.07, 6.45) is 7.15. The predicted molar refractivity (Wildman–Crippen MR) is 125 cm³/mol. The monoisotopic (exact) mass is 484 g/mol. The van der Waals surface area contributed by atoms with Crippen molar-refractivity contribution in [3.63, 3.8) is 0 Å². The summed E-state index contributed by atoms with van der Waals surface area (Å²) in [5, 5.41) is 11.0.